The Morgan fingerprint density at radius 2 is 2.08 bits per heavy atom. The summed E-state index contributed by atoms with van der Waals surface area (Å²) in [5, 5.41) is 0. The molecule has 4 aliphatic rings. The third-order valence-corrected chi connectivity index (χ3v) is 6.83. The van der Waals surface area contributed by atoms with Crippen molar-refractivity contribution in [2.75, 3.05) is 46.1 Å². The first-order chi connectivity index (χ1) is 12.4. The first-order valence-corrected chi connectivity index (χ1v) is 9.68. The molecule has 4 heterocycles. The molecule has 0 aromatic carbocycles. The molecule has 1 unspecified atom stereocenters. The molecule has 3 saturated heterocycles. The van der Waals surface area contributed by atoms with Crippen molar-refractivity contribution >= 4 is 41.8 Å². The molecule has 4 amide bonds. The number of carbonyl (C=O) groups is 3. The normalized spacial score (nSPS) is 27.8. The molecule has 140 valence electrons. The number of urea groups is 1. The topological polar surface area (TPSA) is 85.5 Å². The third kappa shape index (κ3) is 2.71. The molecule has 0 aromatic heterocycles. The zero-order valence-electron chi connectivity index (χ0n) is 14.9. The van der Waals surface area contributed by atoms with Crippen molar-refractivity contribution < 1.29 is 23.7 Å². The number of carbonyl (C=O) groups excluding carboxylic acids is 3. The van der Waals surface area contributed by atoms with Gasteiger partial charge in [-0.2, -0.15) is 0 Å². The van der Waals surface area contributed by atoms with E-state index in [0.717, 1.165) is 30.1 Å². The molecule has 0 aromatic rings. The van der Waals surface area contributed by atoms with Crippen LogP contribution in [0.25, 0.3) is 0 Å². The van der Waals surface area contributed by atoms with Gasteiger partial charge in [-0.15, -0.1) is 11.8 Å². The minimum Gasteiger partial charge on any atom is -0.363 e. The number of fused-ring (bicyclic) bond motifs is 1. The van der Waals surface area contributed by atoms with Gasteiger partial charge in [0.2, 0.25) is 0 Å². The van der Waals surface area contributed by atoms with Crippen molar-refractivity contribution in [3.8, 4) is 0 Å². The number of rotatable bonds is 2. The van der Waals surface area contributed by atoms with E-state index in [1.165, 1.54) is 18.3 Å². The summed E-state index contributed by atoms with van der Waals surface area (Å²) in [6, 6.07) is -1.13. The van der Waals surface area contributed by atoms with E-state index in [4.69, 9.17) is 4.74 Å². The van der Waals surface area contributed by atoms with Crippen LogP contribution in [0.2, 0.25) is 0 Å². The molecule has 10 heteroatoms. The van der Waals surface area contributed by atoms with Crippen LogP contribution in [0.4, 0.5) is 4.79 Å². The Hall–Kier alpha value is -1.94. The van der Waals surface area contributed by atoms with Crippen molar-refractivity contribution in [2.45, 2.75) is 23.8 Å². The Labute approximate surface area is 155 Å². The van der Waals surface area contributed by atoms with Crippen LogP contribution in [0.15, 0.2) is 4.99 Å². The van der Waals surface area contributed by atoms with Crippen LogP contribution in [-0.2, 0) is 14.3 Å². The molecule has 1 atom stereocenters. The number of hydrogen-bond donors (Lipinski definition) is 0. The minimum atomic E-state index is -0.712. The van der Waals surface area contributed by atoms with Crippen molar-refractivity contribution in [1.29, 1.82) is 0 Å². The quantitative estimate of drug-likeness (QED) is 0.598. The first kappa shape index (κ1) is 17.5. The smallest absolute Gasteiger partial charge is 0.333 e. The maximum Gasteiger partial charge on any atom is 0.333 e. The van der Waals surface area contributed by atoms with Gasteiger partial charge in [0.25, 0.3) is 30.0 Å². The van der Waals surface area contributed by atoms with Gasteiger partial charge in [0, 0.05) is 45.8 Å². The highest BCUT2D eigenvalue weighted by Gasteiger charge is 2.51. The zero-order chi connectivity index (χ0) is 18.5. The molecular weight excluding hydrogens is 358 g/mol. The van der Waals surface area contributed by atoms with Crippen molar-refractivity contribution in [3.05, 3.63) is 0 Å². The van der Waals surface area contributed by atoms with Crippen LogP contribution in [0.5, 0.6) is 0 Å². The second-order valence-electron chi connectivity index (χ2n) is 6.90. The summed E-state index contributed by atoms with van der Waals surface area (Å²) in [6.45, 7) is 2.17. The Morgan fingerprint density at radius 1 is 1.35 bits per heavy atom. The van der Waals surface area contributed by atoms with Crippen LogP contribution in [0, 0.1) is 0 Å². The molecule has 0 aliphatic carbocycles. The second kappa shape index (κ2) is 6.34. The Kier molecular flexibility index (Phi) is 4.26. The van der Waals surface area contributed by atoms with E-state index in [1.807, 2.05) is 16.7 Å². The lowest BCUT2D eigenvalue weighted by molar-refractivity contribution is -0.520. The Bertz CT molecular complexity index is 720. The second-order valence-corrected chi connectivity index (χ2v) is 8.35. The number of amides is 4. The number of nitrogens with zero attached hydrogens (tertiary/aromatic N) is 5. The molecule has 26 heavy (non-hydrogen) atoms. The number of hydrogen-bond acceptors (Lipinski definition) is 6. The van der Waals surface area contributed by atoms with Crippen LogP contribution in [0.3, 0.4) is 0 Å². The monoisotopic (exact) mass is 380 g/mol. The van der Waals surface area contributed by atoms with Gasteiger partial charge in [0.1, 0.15) is 4.93 Å². The Morgan fingerprint density at radius 3 is 2.73 bits per heavy atom. The van der Waals surface area contributed by atoms with Gasteiger partial charge in [0.05, 0.1) is 6.61 Å². The van der Waals surface area contributed by atoms with Crippen molar-refractivity contribution in [2.24, 2.45) is 4.99 Å². The van der Waals surface area contributed by atoms with E-state index in [1.54, 1.807) is 11.6 Å². The lowest BCUT2D eigenvalue weighted by atomic mass is 10.1. The number of aliphatic imine (C=N–C) groups is 1. The summed E-state index contributed by atoms with van der Waals surface area (Å²) in [4.78, 5) is 45.6. The van der Waals surface area contributed by atoms with E-state index in [-0.39, 0.29) is 23.3 Å². The molecule has 0 radical (unpaired) electrons. The fourth-order valence-electron chi connectivity index (χ4n) is 3.81. The highest BCUT2D eigenvalue weighted by molar-refractivity contribution is 8.00. The average Bonchev–Trinajstić information content (AvgIpc) is 3.26. The predicted molar refractivity (Wildman–Crippen MR) is 95.3 cm³/mol. The van der Waals surface area contributed by atoms with Gasteiger partial charge < -0.3 is 9.64 Å². The van der Waals surface area contributed by atoms with Gasteiger partial charge in [-0.05, 0) is 4.99 Å². The fraction of sp³-hybridized carbons (Fsp3) is 0.688. The lowest BCUT2D eigenvalue weighted by Gasteiger charge is -2.38. The van der Waals surface area contributed by atoms with Crippen LogP contribution < -0.4 is 0 Å². The largest absolute Gasteiger partial charge is 0.363 e. The van der Waals surface area contributed by atoms with Crippen LogP contribution in [0.1, 0.15) is 12.8 Å². The number of imide groups is 1. The van der Waals surface area contributed by atoms with Crippen LogP contribution >= 0.6 is 11.8 Å². The number of likely N-dealkylation sites (N-methyl/N-ethyl adjacent to an activating group) is 2. The van der Waals surface area contributed by atoms with Gasteiger partial charge in [0.15, 0.2) is 6.54 Å². The molecule has 0 N–H and O–H groups in total. The molecular formula is C16H22N5O4S+. The van der Waals surface area contributed by atoms with Crippen molar-refractivity contribution in [1.82, 2.24) is 14.7 Å². The standard InChI is InChI=1S/C16H22N5O4S/c1-18-13-12(14(23)19(2)15(18)24)21(10-17-13)9-11(22)20-5-3-16(4-6-20)25-7-8-26-16/h10,12H,3-9H2,1-2H3/q+1. The van der Waals surface area contributed by atoms with E-state index in [0.29, 0.717) is 18.9 Å². The molecule has 4 aliphatic heterocycles. The number of ether oxygens (including phenoxy) is 1. The third-order valence-electron chi connectivity index (χ3n) is 5.41. The highest BCUT2D eigenvalue weighted by atomic mass is 32.2. The highest BCUT2D eigenvalue weighted by Crippen LogP contribution is 2.41. The van der Waals surface area contributed by atoms with Gasteiger partial charge in [-0.25, -0.2) is 9.37 Å². The SMILES string of the molecule is CN1C(=O)C2C(=NC=[N+]2CC(=O)N2CCC3(CC2)OCCS3)N(C)C1=O. The lowest BCUT2D eigenvalue weighted by Crippen LogP contribution is -2.62. The van der Waals surface area contributed by atoms with Crippen LogP contribution in [-0.4, -0.2) is 106 Å². The summed E-state index contributed by atoms with van der Waals surface area (Å²) in [5.74, 6) is 0.993. The number of likely N-dealkylation sites (tertiary alicyclic amines) is 1. The Balaban J connectivity index is 1.40. The summed E-state index contributed by atoms with van der Waals surface area (Å²) in [6.07, 6.45) is 3.15. The summed E-state index contributed by atoms with van der Waals surface area (Å²) >= 11 is 1.85. The molecule has 3 fully saturated rings. The van der Waals surface area contributed by atoms with Gasteiger partial charge in [-0.1, -0.05) is 0 Å². The van der Waals surface area contributed by atoms with E-state index in [9.17, 15) is 14.4 Å². The van der Waals surface area contributed by atoms with Crippen molar-refractivity contribution in [3.63, 3.8) is 0 Å². The maximum absolute atomic E-state index is 12.7. The zero-order valence-corrected chi connectivity index (χ0v) is 15.7. The molecule has 1 spiro atoms. The molecule has 4 rings (SSSR count). The molecule has 0 saturated carbocycles. The summed E-state index contributed by atoms with van der Waals surface area (Å²) in [5.41, 5.74) is 0. The number of amidine groups is 1. The first-order valence-electron chi connectivity index (χ1n) is 8.70. The minimum absolute atomic E-state index is 0.0365. The fourth-order valence-corrected chi connectivity index (χ4v) is 4.99. The number of thioether (sulfide) groups is 1. The molecule has 0 bridgehead atoms. The van der Waals surface area contributed by atoms with E-state index < -0.39 is 12.1 Å². The summed E-state index contributed by atoms with van der Waals surface area (Å²) < 4.78 is 7.48. The van der Waals surface area contributed by atoms with Gasteiger partial charge in [-0.3, -0.25) is 19.4 Å². The molecule has 9 nitrogen and oxygen atoms in total. The number of piperidine rings is 1. The van der Waals surface area contributed by atoms with Gasteiger partial charge >= 0.3 is 6.03 Å². The predicted octanol–water partition coefficient (Wildman–Crippen LogP) is -0.586. The maximum atomic E-state index is 12.7. The van der Waals surface area contributed by atoms with E-state index in [2.05, 4.69) is 4.99 Å². The van der Waals surface area contributed by atoms with E-state index >= 15 is 0 Å². The summed E-state index contributed by atoms with van der Waals surface area (Å²) in [7, 11) is 3.03. The average molecular weight is 380 g/mol.